The number of aryl methyl sites for hydroxylation is 2. The molecule has 0 aliphatic carbocycles. The number of nitrogens with two attached hydrogens (primary N) is 1. The fourth-order valence-electron chi connectivity index (χ4n) is 3.58. The molecule has 0 atom stereocenters. The van der Waals surface area contributed by atoms with E-state index in [0.717, 1.165) is 55.6 Å². The minimum Gasteiger partial charge on any atom is -0.508 e. The molecule has 1 aromatic heterocycles. The van der Waals surface area contributed by atoms with E-state index >= 15 is 0 Å². The van der Waals surface area contributed by atoms with Crippen molar-refractivity contribution in [1.29, 1.82) is 0 Å². The summed E-state index contributed by atoms with van der Waals surface area (Å²) in [6.45, 7) is 5.51. The molecule has 0 radical (unpaired) electrons. The molecule has 0 aliphatic rings. The predicted octanol–water partition coefficient (Wildman–Crippen LogP) is 4.33. The predicted molar refractivity (Wildman–Crippen MR) is 122 cm³/mol. The maximum Gasteiger partial charge on any atom is 0.167 e. The fourth-order valence-corrected chi connectivity index (χ4v) is 3.58. The Bertz CT molecular complexity index is 962. The molecular formula is C25H31FN4O. The van der Waals surface area contributed by atoms with Crippen LogP contribution in [0.2, 0.25) is 0 Å². The van der Waals surface area contributed by atoms with Gasteiger partial charge in [0.05, 0.1) is 6.20 Å². The standard InChI is InChI=1S/C25H31FN4O/c1-2-30(15-5-14-27)18-20-7-3-8-21(16-20)25-23(26)17-28-24(29-25)9-4-6-19-10-12-22(31)13-11-19/h3,7-8,10-13,16-17,31H,2,4-6,9,14-15,18,27H2,1H3. The van der Waals surface area contributed by atoms with Crippen LogP contribution in [0.4, 0.5) is 4.39 Å². The third-order valence-corrected chi connectivity index (χ3v) is 5.33. The van der Waals surface area contributed by atoms with Crippen LogP contribution in [-0.2, 0) is 19.4 Å². The van der Waals surface area contributed by atoms with E-state index in [9.17, 15) is 9.50 Å². The van der Waals surface area contributed by atoms with E-state index in [2.05, 4.69) is 27.9 Å². The SMILES string of the molecule is CCN(CCCN)Cc1cccc(-c2nc(CCCc3ccc(O)cc3)ncc2F)c1. The normalized spacial score (nSPS) is 11.2. The quantitative estimate of drug-likeness (QED) is 0.481. The largest absolute Gasteiger partial charge is 0.508 e. The molecule has 0 aliphatic heterocycles. The Morgan fingerprint density at radius 2 is 1.84 bits per heavy atom. The zero-order valence-electron chi connectivity index (χ0n) is 18.1. The molecule has 1 heterocycles. The molecule has 0 saturated heterocycles. The van der Waals surface area contributed by atoms with Crippen molar-refractivity contribution < 1.29 is 9.50 Å². The maximum atomic E-state index is 14.5. The highest BCUT2D eigenvalue weighted by Crippen LogP contribution is 2.22. The highest BCUT2D eigenvalue weighted by Gasteiger charge is 2.11. The number of aromatic nitrogens is 2. The Morgan fingerprint density at radius 1 is 1.03 bits per heavy atom. The summed E-state index contributed by atoms with van der Waals surface area (Å²) in [6, 6.07) is 15.1. The average molecular weight is 423 g/mol. The number of phenolic OH excluding ortho intramolecular Hbond substituents is 1. The molecule has 6 heteroatoms. The molecule has 0 spiro atoms. The smallest absolute Gasteiger partial charge is 0.167 e. The van der Waals surface area contributed by atoms with Crippen LogP contribution < -0.4 is 5.73 Å². The van der Waals surface area contributed by atoms with Crippen LogP contribution in [-0.4, -0.2) is 39.6 Å². The van der Waals surface area contributed by atoms with E-state index in [1.165, 1.54) is 6.20 Å². The molecule has 31 heavy (non-hydrogen) atoms. The van der Waals surface area contributed by atoms with Gasteiger partial charge in [-0.1, -0.05) is 37.3 Å². The first-order valence-electron chi connectivity index (χ1n) is 10.9. The van der Waals surface area contributed by atoms with Crippen molar-refractivity contribution >= 4 is 0 Å². The van der Waals surface area contributed by atoms with Gasteiger partial charge in [0, 0.05) is 18.5 Å². The van der Waals surface area contributed by atoms with Crippen LogP contribution in [0, 0.1) is 5.82 Å². The van der Waals surface area contributed by atoms with Crippen molar-refractivity contribution in [3.8, 4) is 17.0 Å². The zero-order chi connectivity index (χ0) is 22.1. The summed E-state index contributed by atoms with van der Waals surface area (Å²) < 4.78 is 14.5. The summed E-state index contributed by atoms with van der Waals surface area (Å²) in [4.78, 5) is 11.0. The Kier molecular flexibility index (Phi) is 8.50. The Balaban J connectivity index is 1.68. The molecule has 5 nitrogen and oxygen atoms in total. The Labute approximate surface area is 183 Å². The van der Waals surface area contributed by atoms with E-state index in [4.69, 9.17) is 5.73 Å². The minimum absolute atomic E-state index is 0.263. The second-order valence-electron chi connectivity index (χ2n) is 7.71. The average Bonchev–Trinajstić information content (AvgIpc) is 2.79. The first kappa shape index (κ1) is 22.8. The van der Waals surface area contributed by atoms with Gasteiger partial charge in [-0.25, -0.2) is 14.4 Å². The molecule has 3 aromatic rings. The summed E-state index contributed by atoms with van der Waals surface area (Å²) in [5.74, 6) is 0.493. The number of benzene rings is 2. The van der Waals surface area contributed by atoms with Crippen molar-refractivity contribution in [3.63, 3.8) is 0 Å². The van der Waals surface area contributed by atoms with Crippen LogP contribution >= 0.6 is 0 Å². The second kappa shape index (κ2) is 11.5. The topological polar surface area (TPSA) is 75.3 Å². The van der Waals surface area contributed by atoms with Gasteiger partial charge in [-0.3, -0.25) is 4.90 Å². The molecule has 0 amide bonds. The molecular weight excluding hydrogens is 391 g/mol. The van der Waals surface area contributed by atoms with E-state index in [0.29, 0.717) is 24.5 Å². The molecule has 3 N–H and O–H groups in total. The molecule has 164 valence electrons. The van der Waals surface area contributed by atoms with Gasteiger partial charge in [-0.2, -0.15) is 0 Å². The van der Waals surface area contributed by atoms with Crippen LogP contribution in [0.1, 0.15) is 36.7 Å². The summed E-state index contributed by atoms with van der Waals surface area (Å²) >= 11 is 0. The van der Waals surface area contributed by atoms with Crippen LogP contribution in [0.3, 0.4) is 0 Å². The van der Waals surface area contributed by atoms with E-state index < -0.39 is 5.82 Å². The van der Waals surface area contributed by atoms with Crippen LogP contribution in [0.25, 0.3) is 11.3 Å². The summed E-state index contributed by atoms with van der Waals surface area (Å²) in [5, 5.41) is 9.38. The molecule has 3 rings (SSSR count). The van der Waals surface area contributed by atoms with Crippen molar-refractivity contribution in [2.45, 2.75) is 39.2 Å². The van der Waals surface area contributed by atoms with Crippen molar-refractivity contribution in [2.75, 3.05) is 19.6 Å². The van der Waals surface area contributed by atoms with Gasteiger partial charge in [0.2, 0.25) is 0 Å². The van der Waals surface area contributed by atoms with Gasteiger partial charge in [0.1, 0.15) is 17.3 Å². The number of nitrogens with zero attached hydrogens (tertiary/aromatic N) is 3. The van der Waals surface area contributed by atoms with Gasteiger partial charge < -0.3 is 10.8 Å². The van der Waals surface area contributed by atoms with Gasteiger partial charge in [0.25, 0.3) is 0 Å². The molecule has 0 bridgehead atoms. The Morgan fingerprint density at radius 3 is 2.58 bits per heavy atom. The zero-order valence-corrected chi connectivity index (χ0v) is 18.1. The number of hydrogen-bond donors (Lipinski definition) is 2. The lowest BCUT2D eigenvalue weighted by molar-refractivity contribution is 0.278. The summed E-state index contributed by atoms with van der Waals surface area (Å²) in [5.41, 5.74) is 9.03. The maximum absolute atomic E-state index is 14.5. The lowest BCUT2D eigenvalue weighted by atomic mass is 10.1. The highest BCUT2D eigenvalue weighted by molar-refractivity contribution is 5.60. The Hall–Kier alpha value is -2.83. The van der Waals surface area contributed by atoms with Crippen LogP contribution in [0.15, 0.2) is 54.7 Å². The number of rotatable bonds is 11. The lowest BCUT2D eigenvalue weighted by Gasteiger charge is -2.20. The first-order valence-corrected chi connectivity index (χ1v) is 10.9. The minimum atomic E-state index is -0.407. The molecule has 0 unspecified atom stereocenters. The first-order chi connectivity index (χ1) is 15.1. The number of phenols is 1. The third-order valence-electron chi connectivity index (χ3n) is 5.33. The van der Waals surface area contributed by atoms with E-state index in [-0.39, 0.29) is 5.75 Å². The van der Waals surface area contributed by atoms with Crippen molar-refractivity contribution in [2.24, 2.45) is 5.73 Å². The van der Waals surface area contributed by atoms with Gasteiger partial charge in [-0.15, -0.1) is 0 Å². The van der Waals surface area contributed by atoms with Crippen molar-refractivity contribution in [3.05, 3.63) is 77.5 Å². The summed E-state index contributed by atoms with van der Waals surface area (Å²) in [6.07, 6.45) is 4.59. The van der Waals surface area contributed by atoms with Crippen molar-refractivity contribution in [1.82, 2.24) is 14.9 Å². The fraction of sp³-hybridized carbons (Fsp3) is 0.360. The lowest BCUT2D eigenvalue weighted by Crippen LogP contribution is -2.25. The van der Waals surface area contributed by atoms with Gasteiger partial charge in [0.15, 0.2) is 5.82 Å². The second-order valence-corrected chi connectivity index (χ2v) is 7.71. The van der Waals surface area contributed by atoms with E-state index in [1.54, 1.807) is 12.1 Å². The number of aromatic hydroxyl groups is 1. The third kappa shape index (κ3) is 6.84. The van der Waals surface area contributed by atoms with Crippen LogP contribution in [0.5, 0.6) is 5.75 Å². The van der Waals surface area contributed by atoms with Gasteiger partial charge >= 0.3 is 0 Å². The highest BCUT2D eigenvalue weighted by atomic mass is 19.1. The molecule has 0 saturated carbocycles. The molecule has 0 fully saturated rings. The number of halogens is 1. The molecule has 2 aromatic carbocycles. The van der Waals surface area contributed by atoms with E-state index in [1.807, 2.05) is 30.3 Å². The number of hydrogen-bond acceptors (Lipinski definition) is 5. The summed E-state index contributed by atoms with van der Waals surface area (Å²) in [7, 11) is 0. The monoisotopic (exact) mass is 422 g/mol. The van der Waals surface area contributed by atoms with Gasteiger partial charge in [-0.05, 0) is 68.2 Å².